The fourth-order valence-electron chi connectivity index (χ4n) is 3.16. The van der Waals surface area contributed by atoms with Crippen molar-refractivity contribution in [3.63, 3.8) is 0 Å². The second-order valence-electron chi connectivity index (χ2n) is 6.81. The van der Waals surface area contributed by atoms with Gasteiger partial charge in [0.2, 0.25) is 0 Å². The minimum atomic E-state index is -0.0357. The van der Waals surface area contributed by atoms with Gasteiger partial charge in [-0.15, -0.1) is 0 Å². The largest absolute Gasteiger partial charge is 0.352 e. The lowest BCUT2D eigenvalue weighted by atomic mass is 9.96. The molecule has 0 atom stereocenters. The van der Waals surface area contributed by atoms with Crippen LogP contribution in [0, 0.1) is 5.92 Å². The van der Waals surface area contributed by atoms with Crippen molar-refractivity contribution in [1.82, 2.24) is 20.0 Å². The second-order valence-corrected chi connectivity index (χ2v) is 7.25. The van der Waals surface area contributed by atoms with Crippen LogP contribution in [-0.2, 0) is 7.05 Å². The van der Waals surface area contributed by atoms with E-state index in [0.29, 0.717) is 11.5 Å². The number of rotatable bonds is 6. The first-order chi connectivity index (χ1) is 12.6. The van der Waals surface area contributed by atoms with Crippen LogP contribution in [0.4, 0.5) is 0 Å². The van der Waals surface area contributed by atoms with Crippen molar-refractivity contribution in [3.05, 3.63) is 58.9 Å². The summed E-state index contributed by atoms with van der Waals surface area (Å²) in [6.07, 6.45) is 9.91. The lowest BCUT2D eigenvalue weighted by Crippen LogP contribution is -2.38. The molecule has 1 aromatic heterocycles. The van der Waals surface area contributed by atoms with Gasteiger partial charge in [-0.05, 0) is 49.5 Å². The van der Waals surface area contributed by atoms with Crippen LogP contribution in [0.3, 0.4) is 0 Å². The van der Waals surface area contributed by atoms with Crippen LogP contribution in [0.15, 0.2) is 42.7 Å². The van der Waals surface area contributed by atoms with E-state index in [4.69, 9.17) is 11.6 Å². The van der Waals surface area contributed by atoms with E-state index in [-0.39, 0.29) is 5.91 Å². The Morgan fingerprint density at radius 1 is 1.31 bits per heavy atom. The topological polar surface area (TPSA) is 50.2 Å². The van der Waals surface area contributed by atoms with E-state index in [1.165, 1.54) is 5.56 Å². The number of halogens is 1. The van der Waals surface area contributed by atoms with Gasteiger partial charge in [-0.1, -0.05) is 35.9 Å². The number of likely N-dealkylation sites (tertiary alicyclic amines) is 1. The number of nitrogens with one attached hydrogen (secondary N) is 1. The van der Waals surface area contributed by atoms with E-state index in [1.807, 2.05) is 31.3 Å². The van der Waals surface area contributed by atoms with E-state index in [9.17, 15) is 4.79 Å². The lowest BCUT2D eigenvalue weighted by molar-refractivity contribution is 0.0937. The zero-order chi connectivity index (χ0) is 18.4. The maximum Gasteiger partial charge on any atom is 0.254 e. The number of piperidine rings is 1. The van der Waals surface area contributed by atoms with Crippen LogP contribution in [0.1, 0.15) is 28.8 Å². The second kappa shape index (κ2) is 9.01. The standard InChI is InChI=1S/C20H25ClN4O/c1-24-15-18(14-23-24)20(26)22-13-17-8-11-25(12-9-17)10-2-3-16-4-6-19(21)7-5-16/h2-7,14-15,17H,8-13H2,1H3,(H,22,26). The third-order valence-corrected chi connectivity index (χ3v) is 5.02. The summed E-state index contributed by atoms with van der Waals surface area (Å²) < 4.78 is 1.64. The van der Waals surface area contributed by atoms with E-state index in [1.54, 1.807) is 17.1 Å². The van der Waals surface area contributed by atoms with Gasteiger partial charge >= 0.3 is 0 Å². The SMILES string of the molecule is Cn1cc(C(=O)NCC2CCN(CC=Cc3ccc(Cl)cc3)CC2)cn1. The Balaban J connectivity index is 1.36. The number of hydrogen-bond acceptors (Lipinski definition) is 3. The van der Waals surface area contributed by atoms with E-state index in [2.05, 4.69) is 27.5 Å². The van der Waals surface area contributed by atoms with Crippen LogP contribution >= 0.6 is 11.6 Å². The molecule has 0 aliphatic carbocycles. The Labute approximate surface area is 159 Å². The van der Waals surface area contributed by atoms with E-state index >= 15 is 0 Å². The van der Waals surface area contributed by atoms with Crippen LogP contribution in [0.5, 0.6) is 0 Å². The monoisotopic (exact) mass is 372 g/mol. The molecule has 0 radical (unpaired) electrons. The van der Waals surface area contributed by atoms with Gasteiger partial charge in [0.15, 0.2) is 0 Å². The highest BCUT2D eigenvalue weighted by Gasteiger charge is 2.19. The molecule has 0 spiro atoms. The Hall–Kier alpha value is -2.11. The van der Waals surface area contributed by atoms with Gasteiger partial charge in [0.05, 0.1) is 11.8 Å². The van der Waals surface area contributed by atoms with Crippen LogP contribution in [-0.4, -0.2) is 46.8 Å². The molecule has 1 amide bonds. The molecule has 2 heterocycles. The molecule has 5 nitrogen and oxygen atoms in total. The van der Waals surface area contributed by atoms with Crippen LogP contribution < -0.4 is 5.32 Å². The van der Waals surface area contributed by atoms with Crippen molar-refractivity contribution in [2.45, 2.75) is 12.8 Å². The highest BCUT2D eigenvalue weighted by molar-refractivity contribution is 6.30. The summed E-state index contributed by atoms with van der Waals surface area (Å²) in [4.78, 5) is 14.5. The van der Waals surface area contributed by atoms with Gasteiger partial charge in [-0.2, -0.15) is 5.10 Å². The molecule has 138 valence electrons. The highest BCUT2D eigenvalue weighted by Crippen LogP contribution is 2.17. The Morgan fingerprint density at radius 3 is 2.69 bits per heavy atom. The van der Waals surface area contributed by atoms with E-state index in [0.717, 1.165) is 44.0 Å². The maximum absolute atomic E-state index is 12.1. The number of aryl methyl sites for hydroxylation is 1. The molecule has 0 unspecified atom stereocenters. The first kappa shape index (κ1) is 18.7. The molecule has 1 aliphatic rings. The van der Waals surface area contributed by atoms with E-state index < -0.39 is 0 Å². The molecule has 1 fully saturated rings. The highest BCUT2D eigenvalue weighted by atomic mass is 35.5. The fraction of sp³-hybridized carbons (Fsp3) is 0.400. The summed E-state index contributed by atoms with van der Waals surface area (Å²) >= 11 is 5.90. The minimum Gasteiger partial charge on any atom is -0.352 e. The molecule has 1 aliphatic heterocycles. The molecular weight excluding hydrogens is 348 g/mol. The van der Waals surface area contributed by atoms with Crippen molar-refractivity contribution < 1.29 is 4.79 Å². The van der Waals surface area contributed by atoms with Gasteiger partial charge in [-0.3, -0.25) is 14.4 Å². The minimum absolute atomic E-state index is 0.0357. The fourth-order valence-corrected chi connectivity index (χ4v) is 3.29. The zero-order valence-corrected chi connectivity index (χ0v) is 15.8. The van der Waals surface area contributed by atoms with Gasteiger partial charge in [-0.25, -0.2) is 0 Å². The molecule has 0 bridgehead atoms. The zero-order valence-electron chi connectivity index (χ0n) is 15.1. The Morgan fingerprint density at radius 2 is 2.04 bits per heavy atom. The molecule has 0 saturated carbocycles. The molecule has 1 saturated heterocycles. The van der Waals surface area contributed by atoms with Gasteiger partial charge in [0.1, 0.15) is 0 Å². The van der Waals surface area contributed by atoms with Gasteiger partial charge < -0.3 is 5.32 Å². The van der Waals surface area contributed by atoms with Crippen molar-refractivity contribution >= 4 is 23.6 Å². The quantitative estimate of drug-likeness (QED) is 0.846. The number of carbonyl (C=O) groups is 1. The van der Waals surface area contributed by atoms with Gasteiger partial charge in [0.25, 0.3) is 5.91 Å². The predicted octanol–water partition coefficient (Wildman–Crippen LogP) is 3.23. The van der Waals surface area contributed by atoms with Crippen LogP contribution in [0.25, 0.3) is 6.08 Å². The summed E-state index contributed by atoms with van der Waals surface area (Å²) in [6.45, 7) is 3.83. The maximum atomic E-state index is 12.1. The molecule has 1 aromatic carbocycles. The normalized spacial score (nSPS) is 16.2. The number of benzene rings is 1. The Bertz CT molecular complexity index is 745. The summed E-state index contributed by atoms with van der Waals surface area (Å²) in [6, 6.07) is 7.87. The van der Waals surface area contributed by atoms with Crippen molar-refractivity contribution in [2.75, 3.05) is 26.2 Å². The molecule has 2 aromatic rings. The number of nitrogens with zero attached hydrogens (tertiary/aromatic N) is 3. The third-order valence-electron chi connectivity index (χ3n) is 4.77. The summed E-state index contributed by atoms with van der Waals surface area (Å²) in [5.74, 6) is 0.513. The van der Waals surface area contributed by atoms with Crippen molar-refractivity contribution in [1.29, 1.82) is 0 Å². The summed E-state index contributed by atoms with van der Waals surface area (Å²) in [7, 11) is 1.81. The summed E-state index contributed by atoms with van der Waals surface area (Å²) in [5.41, 5.74) is 1.79. The third kappa shape index (κ3) is 5.44. The average molecular weight is 373 g/mol. The molecule has 26 heavy (non-hydrogen) atoms. The van der Waals surface area contributed by atoms with Crippen molar-refractivity contribution in [2.24, 2.45) is 13.0 Å². The van der Waals surface area contributed by atoms with Crippen LogP contribution in [0.2, 0.25) is 5.02 Å². The average Bonchev–Trinajstić information content (AvgIpc) is 3.09. The molecular formula is C20H25ClN4O. The first-order valence-corrected chi connectivity index (χ1v) is 9.39. The molecule has 1 N–H and O–H groups in total. The molecule has 3 rings (SSSR count). The number of aromatic nitrogens is 2. The predicted molar refractivity (Wildman–Crippen MR) is 105 cm³/mol. The van der Waals surface area contributed by atoms with Crippen molar-refractivity contribution in [3.8, 4) is 0 Å². The van der Waals surface area contributed by atoms with Gasteiger partial charge in [0, 0.05) is 31.4 Å². The Kier molecular flexibility index (Phi) is 6.47. The molecule has 6 heteroatoms. The number of hydrogen-bond donors (Lipinski definition) is 1. The number of carbonyl (C=O) groups excluding carboxylic acids is 1. The summed E-state index contributed by atoms with van der Waals surface area (Å²) in [5, 5.41) is 7.83. The first-order valence-electron chi connectivity index (χ1n) is 9.01. The number of amides is 1. The smallest absolute Gasteiger partial charge is 0.254 e. The lowest BCUT2D eigenvalue weighted by Gasteiger charge is -2.31.